The lowest BCUT2D eigenvalue weighted by Crippen LogP contribution is -2.37. The number of unbranched alkanes of at least 4 members (excludes halogenated alkanes) is 41. The van der Waals surface area contributed by atoms with Gasteiger partial charge in [0.05, 0.1) is 27.7 Å². The van der Waals surface area contributed by atoms with Crippen LogP contribution >= 0.6 is 7.82 Å². The van der Waals surface area contributed by atoms with Gasteiger partial charge in [-0.3, -0.25) is 18.6 Å². The lowest BCUT2D eigenvalue weighted by molar-refractivity contribution is -0.870. The summed E-state index contributed by atoms with van der Waals surface area (Å²) in [6.07, 6.45) is 105. The first-order valence-corrected chi connectivity index (χ1v) is 41.1. The maximum absolute atomic E-state index is 12.9. The average molecular weight is 1330 g/mol. The van der Waals surface area contributed by atoms with E-state index in [1.807, 2.05) is 21.1 Å². The van der Waals surface area contributed by atoms with E-state index < -0.39 is 26.5 Å². The van der Waals surface area contributed by atoms with E-state index in [9.17, 15) is 19.0 Å². The predicted molar refractivity (Wildman–Crippen MR) is 408 cm³/mol. The topological polar surface area (TPSA) is 108 Å². The van der Waals surface area contributed by atoms with Crippen molar-refractivity contribution in [3.8, 4) is 0 Å². The van der Waals surface area contributed by atoms with Crippen LogP contribution < -0.4 is 0 Å². The minimum Gasteiger partial charge on any atom is -0.462 e. The van der Waals surface area contributed by atoms with E-state index in [-0.39, 0.29) is 25.6 Å². The molecule has 0 saturated heterocycles. The number of carbonyl (C=O) groups excluding carboxylic acids is 2. The minimum atomic E-state index is -4.40. The summed E-state index contributed by atoms with van der Waals surface area (Å²) in [5.41, 5.74) is 0. The van der Waals surface area contributed by atoms with Crippen molar-refractivity contribution in [2.24, 2.45) is 0 Å². The molecule has 0 amide bonds. The molecule has 0 bridgehead atoms. The number of esters is 2. The highest BCUT2D eigenvalue weighted by Gasteiger charge is 2.27. The van der Waals surface area contributed by atoms with E-state index in [1.165, 1.54) is 238 Å². The summed E-state index contributed by atoms with van der Waals surface area (Å²) in [5, 5.41) is 0. The molecule has 10 heteroatoms. The largest absolute Gasteiger partial charge is 0.472 e. The lowest BCUT2D eigenvalue weighted by atomic mass is 10.0. The maximum atomic E-state index is 12.9. The first-order valence-electron chi connectivity index (χ1n) is 39.6. The van der Waals surface area contributed by atoms with Crippen molar-refractivity contribution in [3.05, 3.63) is 109 Å². The van der Waals surface area contributed by atoms with Gasteiger partial charge in [-0.25, -0.2) is 4.57 Å². The molecule has 0 saturated carbocycles. The Bertz CT molecular complexity index is 1960. The zero-order valence-corrected chi connectivity index (χ0v) is 63.1. The lowest BCUT2D eigenvalue weighted by Gasteiger charge is -2.24. The van der Waals surface area contributed by atoms with Crippen LogP contribution in [-0.4, -0.2) is 74.9 Å². The van der Waals surface area contributed by atoms with Gasteiger partial charge in [0.25, 0.3) is 0 Å². The summed E-state index contributed by atoms with van der Waals surface area (Å²) in [4.78, 5) is 36.0. The van der Waals surface area contributed by atoms with Gasteiger partial charge in [-0.1, -0.05) is 361 Å². The molecule has 0 aliphatic heterocycles. The van der Waals surface area contributed by atoms with Gasteiger partial charge < -0.3 is 18.9 Å². The number of quaternary nitrogens is 1. The first-order chi connectivity index (χ1) is 46.0. The molecule has 2 unspecified atom stereocenters. The maximum Gasteiger partial charge on any atom is 0.472 e. The summed E-state index contributed by atoms with van der Waals surface area (Å²) in [7, 11) is 1.49. The van der Waals surface area contributed by atoms with E-state index in [2.05, 4.69) is 123 Å². The number of hydrogen-bond acceptors (Lipinski definition) is 7. The fourth-order valence-electron chi connectivity index (χ4n) is 11.3. The minimum absolute atomic E-state index is 0.0311. The standard InChI is InChI=1S/C84H150NO8P/c1-6-8-10-12-14-16-18-20-22-24-26-28-30-32-34-36-38-40-41-42-43-45-46-48-50-52-54-56-58-60-62-64-66-68-70-72-74-76-83(86)90-80-82(81-92-94(88,89)91-79-78-85(3,4)5)93-84(87)77-75-73-71-69-67-65-63-61-59-57-55-53-51-49-47-44-39-37-35-33-31-29-27-25-23-21-19-17-15-13-11-9-7-2/h8-11,14-17,20-23,26-29,33,35,82H,6-7,12-13,18-19,24-25,30-32,34,36-81H2,1-5H3/p+1/b10-8-,11-9-,16-14-,17-15-,22-20-,23-21-,28-26-,29-27-,35-33-. The molecule has 94 heavy (non-hydrogen) atoms. The zero-order valence-electron chi connectivity index (χ0n) is 62.2. The Labute approximate surface area is 582 Å². The predicted octanol–water partition coefficient (Wildman–Crippen LogP) is 26.4. The van der Waals surface area contributed by atoms with E-state index in [1.54, 1.807) is 0 Å². The third-order valence-corrected chi connectivity index (χ3v) is 18.3. The fraction of sp³-hybridized carbons (Fsp3) is 0.762. The fourth-order valence-corrected chi connectivity index (χ4v) is 12.1. The van der Waals surface area contributed by atoms with Gasteiger partial charge in [-0.15, -0.1) is 0 Å². The number of allylic oxidation sites excluding steroid dienone is 18. The van der Waals surface area contributed by atoms with Crippen molar-refractivity contribution < 1.29 is 42.1 Å². The number of phosphoric acid groups is 1. The second kappa shape index (κ2) is 73.9. The van der Waals surface area contributed by atoms with E-state index in [0.717, 1.165) is 89.9 Å². The molecule has 0 aliphatic carbocycles. The van der Waals surface area contributed by atoms with Crippen LogP contribution in [0.5, 0.6) is 0 Å². The number of carbonyl (C=O) groups is 2. The van der Waals surface area contributed by atoms with Crippen LogP contribution in [0.15, 0.2) is 109 Å². The molecule has 0 fully saturated rings. The Balaban J connectivity index is 3.93. The smallest absolute Gasteiger partial charge is 0.462 e. The van der Waals surface area contributed by atoms with Gasteiger partial charge in [0.15, 0.2) is 6.10 Å². The van der Waals surface area contributed by atoms with Crippen molar-refractivity contribution in [1.29, 1.82) is 0 Å². The molecular weight excluding hydrogens is 1180 g/mol. The molecular formula is C84H151NO8P+. The molecule has 0 heterocycles. The number of hydrogen-bond donors (Lipinski definition) is 1. The third-order valence-electron chi connectivity index (χ3n) is 17.3. The summed E-state index contributed by atoms with van der Waals surface area (Å²) in [6, 6.07) is 0. The molecule has 0 radical (unpaired) electrons. The summed E-state index contributed by atoms with van der Waals surface area (Å²) in [6.45, 7) is 4.26. The third kappa shape index (κ3) is 77.7. The summed E-state index contributed by atoms with van der Waals surface area (Å²) >= 11 is 0. The first kappa shape index (κ1) is 90.7. The van der Waals surface area contributed by atoms with Gasteiger partial charge in [-0.05, 0) is 96.3 Å². The number of ether oxygens (including phenoxy) is 2. The second-order valence-corrected chi connectivity index (χ2v) is 29.1. The number of nitrogens with zero attached hydrogens (tertiary/aromatic N) is 1. The van der Waals surface area contributed by atoms with E-state index >= 15 is 0 Å². The Hall–Kier alpha value is -3.33. The summed E-state index contributed by atoms with van der Waals surface area (Å²) < 4.78 is 34.8. The van der Waals surface area contributed by atoms with Crippen LogP contribution in [0.3, 0.4) is 0 Å². The highest BCUT2D eigenvalue weighted by molar-refractivity contribution is 7.47. The van der Waals surface area contributed by atoms with Crippen LogP contribution in [-0.2, 0) is 32.7 Å². The van der Waals surface area contributed by atoms with Crippen molar-refractivity contribution in [1.82, 2.24) is 0 Å². The molecule has 0 aromatic rings. The van der Waals surface area contributed by atoms with Crippen LogP contribution in [0.4, 0.5) is 0 Å². The highest BCUT2D eigenvalue weighted by atomic mass is 31.2. The molecule has 2 atom stereocenters. The van der Waals surface area contributed by atoms with Crippen LogP contribution in [0, 0.1) is 0 Å². The number of phosphoric ester groups is 1. The number of likely N-dealkylation sites (N-methyl/N-ethyl adjacent to an activating group) is 1. The Morgan fingerprint density at radius 3 is 0.851 bits per heavy atom. The summed E-state index contributed by atoms with van der Waals surface area (Å²) in [5.74, 6) is -0.782. The zero-order chi connectivity index (χ0) is 68.3. The molecule has 0 rings (SSSR count). The van der Waals surface area contributed by atoms with E-state index in [4.69, 9.17) is 18.5 Å². The van der Waals surface area contributed by atoms with Gasteiger partial charge in [-0.2, -0.15) is 0 Å². The second-order valence-electron chi connectivity index (χ2n) is 27.7. The molecule has 0 aliphatic rings. The SMILES string of the molecule is CC/C=C\C/C=C\C/C=C\C/C=C\C/C=C\CCCCCCCCCCCCCCCCCCCC(=O)OC(COC(=O)CCCCCCCCCCCCCCCCCCCCCCCCCC/C=C\C/C=C\C/C=C\C/C=C\CC)COP(=O)(O)OCC[N+](C)(C)C. The molecule has 0 aromatic carbocycles. The normalized spacial score (nSPS) is 13.6. The Kier molecular flexibility index (Phi) is 71.3. The molecule has 1 N–H and O–H groups in total. The van der Waals surface area contributed by atoms with Crippen molar-refractivity contribution >= 4 is 19.8 Å². The molecule has 0 spiro atoms. The van der Waals surface area contributed by atoms with Gasteiger partial charge in [0.1, 0.15) is 19.8 Å². The quantitative estimate of drug-likeness (QED) is 0.0211. The average Bonchev–Trinajstić information content (AvgIpc) is 1.56. The van der Waals surface area contributed by atoms with Crippen molar-refractivity contribution in [3.63, 3.8) is 0 Å². The molecule has 0 aromatic heterocycles. The Morgan fingerprint density at radius 1 is 0.330 bits per heavy atom. The number of rotatable bonds is 73. The van der Waals surface area contributed by atoms with E-state index in [0.29, 0.717) is 23.9 Å². The van der Waals surface area contributed by atoms with Crippen LogP contribution in [0.1, 0.15) is 361 Å². The van der Waals surface area contributed by atoms with Crippen LogP contribution in [0.25, 0.3) is 0 Å². The molecule has 9 nitrogen and oxygen atoms in total. The monoisotopic (exact) mass is 1330 g/mol. The van der Waals surface area contributed by atoms with Gasteiger partial charge >= 0.3 is 19.8 Å². The Morgan fingerprint density at radius 2 is 0.574 bits per heavy atom. The van der Waals surface area contributed by atoms with Gasteiger partial charge in [0, 0.05) is 12.8 Å². The highest BCUT2D eigenvalue weighted by Crippen LogP contribution is 2.43. The van der Waals surface area contributed by atoms with Crippen molar-refractivity contribution in [2.45, 2.75) is 367 Å². The van der Waals surface area contributed by atoms with Gasteiger partial charge in [0.2, 0.25) is 0 Å². The van der Waals surface area contributed by atoms with Crippen LogP contribution in [0.2, 0.25) is 0 Å². The molecule has 544 valence electrons. The van der Waals surface area contributed by atoms with Crippen molar-refractivity contribution in [2.75, 3.05) is 47.5 Å².